The lowest BCUT2D eigenvalue weighted by molar-refractivity contribution is 0.305. The van der Waals surface area contributed by atoms with Crippen molar-refractivity contribution in [2.75, 3.05) is 13.1 Å². The third-order valence-electron chi connectivity index (χ3n) is 3.62. The summed E-state index contributed by atoms with van der Waals surface area (Å²) in [6.45, 7) is 6.82. The summed E-state index contributed by atoms with van der Waals surface area (Å²) in [7, 11) is 0. The van der Waals surface area contributed by atoms with E-state index in [9.17, 15) is 0 Å². The smallest absolute Gasteiger partial charge is 0.0302 e. The number of hydrogen-bond acceptors (Lipinski definition) is 2. The molecule has 0 fully saturated rings. The van der Waals surface area contributed by atoms with Gasteiger partial charge in [0.05, 0.1) is 0 Å². The van der Waals surface area contributed by atoms with E-state index < -0.39 is 0 Å². The second kappa shape index (κ2) is 4.96. The Balaban J connectivity index is 1.88. The maximum Gasteiger partial charge on any atom is 0.0302 e. The number of aromatic nitrogens is 1. The first-order chi connectivity index (χ1) is 7.73. The molecule has 0 radical (unpaired) electrons. The number of fused-ring (bicyclic) bond motifs is 1. The number of nitrogens with one attached hydrogen (secondary N) is 1. The third-order valence-corrected chi connectivity index (χ3v) is 3.62. The molecule has 1 aromatic heterocycles. The van der Waals surface area contributed by atoms with E-state index in [-0.39, 0.29) is 0 Å². The monoisotopic (exact) mass is 218 g/mol. The van der Waals surface area contributed by atoms with Crippen LogP contribution in [0.25, 0.3) is 0 Å². The summed E-state index contributed by atoms with van der Waals surface area (Å²) >= 11 is 0. The fourth-order valence-corrected chi connectivity index (χ4v) is 2.76. The van der Waals surface area contributed by atoms with Gasteiger partial charge in [0.2, 0.25) is 0 Å². The Bertz CT molecular complexity index is 321. The molecule has 16 heavy (non-hydrogen) atoms. The molecule has 0 saturated heterocycles. The topological polar surface area (TPSA) is 24.9 Å². The van der Waals surface area contributed by atoms with Crippen molar-refractivity contribution >= 4 is 0 Å². The van der Waals surface area contributed by atoms with Gasteiger partial charge in [-0.25, -0.2) is 0 Å². The minimum atomic E-state index is 0.473. The van der Waals surface area contributed by atoms with E-state index in [1.165, 1.54) is 36.8 Å². The molecule has 0 spiro atoms. The average molecular weight is 218 g/mol. The molecule has 88 valence electrons. The molecule has 1 N–H and O–H groups in total. The first-order valence-corrected chi connectivity index (χ1v) is 6.36. The van der Waals surface area contributed by atoms with Crippen LogP contribution >= 0.6 is 0 Å². The summed E-state index contributed by atoms with van der Waals surface area (Å²) in [6.07, 6.45) is 9.01. The average Bonchev–Trinajstić information content (AvgIpc) is 2.61. The zero-order chi connectivity index (χ0) is 11.4. The first-order valence-electron chi connectivity index (χ1n) is 6.36. The van der Waals surface area contributed by atoms with E-state index in [2.05, 4.69) is 30.2 Å². The Morgan fingerprint density at radius 1 is 1.38 bits per heavy atom. The highest BCUT2D eigenvalue weighted by atomic mass is 14.8. The summed E-state index contributed by atoms with van der Waals surface area (Å²) in [5, 5.41) is 3.40. The van der Waals surface area contributed by atoms with E-state index in [1.807, 2.05) is 12.4 Å². The molecule has 1 unspecified atom stereocenters. The van der Waals surface area contributed by atoms with Crippen LogP contribution < -0.4 is 5.32 Å². The van der Waals surface area contributed by atoms with Crippen molar-refractivity contribution in [3.63, 3.8) is 0 Å². The normalized spacial score (nSPS) is 23.4. The Morgan fingerprint density at radius 3 is 2.94 bits per heavy atom. The Kier molecular flexibility index (Phi) is 3.59. The molecule has 0 amide bonds. The summed E-state index contributed by atoms with van der Waals surface area (Å²) in [5.74, 6) is 0. The van der Waals surface area contributed by atoms with Crippen LogP contribution in [0.2, 0.25) is 0 Å². The zero-order valence-electron chi connectivity index (χ0n) is 10.4. The molecular weight excluding hydrogens is 196 g/mol. The van der Waals surface area contributed by atoms with E-state index in [4.69, 9.17) is 0 Å². The number of pyridine rings is 1. The van der Waals surface area contributed by atoms with E-state index in [0.717, 1.165) is 13.1 Å². The molecule has 0 bridgehead atoms. The van der Waals surface area contributed by atoms with Crippen LogP contribution in [0, 0.1) is 5.41 Å². The molecule has 1 aliphatic rings. The standard InChI is InChI=1S/C14H22N2/c1-3-15-7-4-6-14(2)9-12-5-8-16-11-13(12)10-14/h5,8,11,15H,3-4,6-7,9-10H2,1-2H3. The highest BCUT2D eigenvalue weighted by molar-refractivity contribution is 5.31. The van der Waals surface area contributed by atoms with Gasteiger partial charge < -0.3 is 5.32 Å². The molecule has 2 rings (SSSR count). The van der Waals surface area contributed by atoms with Gasteiger partial charge >= 0.3 is 0 Å². The van der Waals surface area contributed by atoms with Gasteiger partial charge in [-0.15, -0.1) is 0 Å². The van der Waals surface area contributed by atoms with Crippen molar-refractivity contribution in [1.82, 2.24) is 10.3 Å². The number of rotatable bonds is 5. The van der Waals surface area contributed by atoms with Crippen molar-refractivity contribution in [1.29, 1.82) is 0 Å². The number of hydrogen-bond donors (Lipinski definition) is 1. The van der Waals surface area contributed by atoms with Gasteiger partial charge in [0, 0.05) is 12.4 Å². The Morgan fingerprint density at radius 2 is 2.19 bits per heavy atom. The molecular formula is C14H22N2. The van der Waals surface area contributed by atoms with E-state index >= 15 is 0 Å². The molecule has 2 heteroatoms. The molecule has 0 aromatic carbocycles. The second-order valence-corrected chi connectivity index (χ2v) is 5.27. The van der Waals surface area contributed by atoms with Crippen molar-refractivity contribution in [3.05, 3.63) is 29.6 Å². The van der Waals surface area contributed by atoms with Crippen molar-refractivity contribution < 1.29 is 0 Å². The van der Waals surface area contributed by atoms with E-state index in [1.54, 1.807) is 0 Å². The highest BCUT2D eigenvalue weighted by Gasteiger charge is 2.31. The van der Waals surface area contributed by atoms with Gasteiger partial charge in [-0.05, 0) is 61.4 Å². The predicted molar refractivity (Wildman–Crippen MR) is 67.5 cm³/mol. The zero-order valence-corrected chi connectivity index (χ0v) is 10.4. The van der Waals surface area contributed by atoms with Crippen molar-refractivity contribution in [3.8, 4) is 0 Å². The van der Waals surface area contributed by atoms with Gasteiger partial charge in [0.15, 0.2) is 0 Å². The fourth-order valence-electron chi connectivity index (χ4n) is 2.76. The maximum atomic E-state index is 4.22. The molecule has 1 atom stereocenters. The molecule has 2 nitrogen and oxygen atoms in total. The summed E-state index contributed by atoms with van der Waals surface area (Å²) in [6, 6.07) is 2.19. The second-order valence-electron chi connectivity index (χ2n) is 5.27. The van der Waals surface area contributed by atoms with Gasteiger partial charge in [-0.2, -0.15) is 0 Å². The third kappa shape index (κ3) is 2.62. The van der Waals surface area contributed by atoms with Crippen LogP contribution in [0.15, 0.2) is 18.5 Å². The minimum Gasteiger partial charge on any atom is -0.317 e. The lowest BCUT2D eigenvalue weighted by Crippen LogP contribution is -2.20. The van der Waals surface area contributed by atoms with Crippen LogP contribution in [0.5, 0.6) is 0 Å². The lowest BCUT2D eigenvalue weighted by atomic mass is 9.82. The van der Waals surface area contributed by atoms with Crippen LogP contribution in [0.3, 0.4) is 0 Å². The first kappa shape index (κ1) is 11.6. The summed E-state index contributed by atoms with van der Waals surface area (Å²) < 4.78 is 0. The highest BCUT2D eigenvalue weighted by Crippen LogP contribution is 2.39. The SMILES string of the molecule is CCNCCCC1(C)Cc2ccncc2C1. The van der Waals surface area contributed by atoms with Gasteiger partial charge in [0.25, 0.3) is 0 Å². The van der Waals surface area contributed by atoms with Crippen LogP contribution in [0.4, 0.5) is 0 Å². The van der Waals surface area contributed by atoms with Crippen molar-refractivity contribution in [2.45, 2.75) is 39.5 Å². The van der Waals surface area contributed by atoms with Crippen LogP contribution in [0.1, 0.15) is 37.8 Å². The molecule has 0 aliphatic heterocycles. The van der Waals surface area contributed by atoms with Gasteiger partial charge in [0.1, 0.15) is 0 Å². The quantitative estimate of drug-likeness (QED) is 0.768. The Labute approximate surface area is 98.5 Å². The number of nitrogens with zero attached hydrogens (tertiary/aromatic N) is 1. The lowest BCUT2D eigenvalue weighted by Gasteiger charge is -2.23. The maximum absolute atomic E-state index is 4.22. The van der Waals surface area contributed by atoms with Crippen molar-refractivity contribution in [2.24, 2.45) is 5.41 Å². The molecule has 1 aliphatic carbocycles. The fraction of sp³-hybridized carbons (Fsp3) is 0.643. The largest absolute Gasteiger partial charge is 0.317 e. The minimum absolute atomic E-state index is 0.473. The van der Waals surface area contributed by atoms with Gasteiger partial charge in [-0.3, -0.25) is 4.98 Å². The Hall–Kier alpha value is -0.890. The van der Waals surface area contributed by atoms with Gasteiger partial charge in [-0.1, -0.05) is 13.8 Å². The van der Waals surface area contributed by atoms with E-state index in [0.29, 0.717) is 5.41 Å². The van der Waals surface area contributed by atoms with Crippen LogP contribution in [-0.4, -0.2) is 18.1 Å². The summed E-state index contributed by atoms with van der Waals surface area (Å²) in [5.41, 5.74) is 3.45. The summed E-state index contributed by atoms with van der Waals surface area (Å²) in [4.78, 5) is 4.22. The molecule has 0 saturated carbocycles. The predicted octanol–water partition coefficient (Wildman–Crippen LogP) is 2.58. The van der Waals surface area contributed by atoms with Crippen LogP contribution in [-0.2, 0) is 12.8 Å². The molecule has 1 heterocycles. The molecule has 1 aromatic rings.